The lowest BCUT2D eigenvalue weighted by Crippen LogP contribution is -1.98. The van der Waals surface area contributed by atoms with Gasteiger partial charge < -0.3 is 9.84 Å². The molecule has 3 heteroatoms. The molecule has 0 saturated carbocycles. The Hall–Kier alpha value is -1.16. The lowest BCUT2D eigenvalue weighted by Gasteiger charge is -2.10. The van der Waals surface area contributed by atoms with Gasteiger partial charge in [0.25, 0.3) is 0 Å². The van der Waals surface area contributed by atoms with Gasteiger partial charge in [0.2, 0.25) is 0 Å². The van der Waals surface area contributed by atoms with Gasteiger partial charge in [0.1, 0.15) is 6.10 Å². The SMILES string of the molecule is OC(c1ccc2c(c1)COC2)c1cccs1. The number of benzene rings is 1. The van der Waals surface area contributed by atoms with Crippen LogP contribution in [0.25, 0.3) is 0 Å². The molecule has 0 radical (unpaired) electrons. The maximum absolute atomic E-state index is 10.2. The lowest BCUT2D eigenvalue weighted by atomic mass is 10.0. The van der Waals surface area contributed by atoms with Crippen LogP contribution < -0.4 is 0 Å². The fourth-order valence-corrected chi connectivity index (χ4v) is 2.71. The zero-order valence-electron chi connectivity index (χ0n) is 8.72. The van der Waals surface area contributed by atoms with Crippen molar-refractivity contribution in [3.05, 3.63) is 57.3 Å². The Bertz CT molecular complexity index is 491. The Morgan fingerprint density at radius 3 is 2.88 bits per heavy atom. The first-order chi connectivity index (χ1) is 7.84. The molecule has 2 aromatic rings. The first-order valence-corrected chi connectivity index (χ1v) is 6.13. The lowest BCUT2D eigenvalue weighted by molar-refractivity contribution is 0.134. The minimum absolute atomic E-state index is 0.508. The topological polar surface area (TPSA) is 29.5 Å². The Morgan fingerprint density at radius 1 is 1.19 bits per heavy atom. The van der Waals surface area contributed by atoms with Crippen LogP contribution in [0.1, 0.15) is 27.7 Å². The van der Waals surface area contributed by atoms with Crippen LogP contribution in [0.4, 0.5) is 0 Å². The highest BCUT2D eigenvalue weighted by atomic mass is 32.1. The molecule has 1 aliphatic rings. The first-order valence-electron chi connectivity index (χ1n) is 5.25. The van der Waals surface area contributed by atoms with E-state index in [0.29, 0.717) is 13.2 Å². The molecular weight excluding hydrogens is 220 g/mol. The van der Waals surface area contributed by atoms with Gasteiger partial charge in [-0.1, -0.05) is 24.3 Å². The summed E-state index contributed by atoms with van der Waals surface area (Å²) in [6, 6.07) is 10.00. The monoisotopic (exact) mass is 232 g/mol. The van der Waals surface area contributed by atoms with Gasteiger partial charge >= 0.3 is 0 Å². The predicted octanol–water partition coefficient (Wildman–Crippen LogP) is 2.86. The summed E-state index contributed by atoms with van der Waals surface area (Å²) in [7, 11) is 0. The molecule has 1 aromatic carbocycles. The highest BCUT2D eigenvalue weighted by Crippen LogP contribution is 2.29. The third kappa shape index (κ3) is 1.67. The first kappa shape index (κ1) is 10.0. The minimum Gasteiger partial charge on any atom is -0.383 e. The van der Waals surface area contributed by atoms with Gasteiger partial charge in [-0.3, -0.25) is 0 Å². The highest BCUT2D eigenvalue weighted by molar-refractivity contribution is 7.10. The molecule has 82 valence electrons. The van der Waals surface area contributed by atoms with E-state index in [2.05, 4.69) is 6.07 Å². The van der Waals surface area contributed by atoms with Gasteiger partial charge in [-0.15, -0.1) is 11.3 Å². The maximum atomic E-state index is 10.2. The molecule has 1 aliphatic heterocycles. The Morgan fingerprint density at radius 2 is 2.06 bits per heavy atom. The summed E-state index contributed by atoms with van der Waals surface area (Å²) < 4.78 is 5.36. The summed E-state index contributed by atoms with van der Waals surface area (Å²) in [5, 5.41) is 12.2. The molecule has 0 bridgehead atoms. The van der Waals surface area contributed by atoms with Crippen molar-refractivity contribution < 1.29 is 9.84 Å². The van der Waals surface area contributed by atoms with Gasteiger partial charge in [0.05, 0.1) is 13.2 Å². The summed E-state index contributed by atoms with van der Waals surface area (Å²) in [6.07, 6.45) is -0.508. The van der Waals surface area contributed by atoms with Gasteiger partial charge in [0.15, 0.2) is 0 Å². The van der Waals surface area contributed by atoms with Gasteiger partial charge in [-0.2, -0.15) is 0 Å². The summed E-state index contributed by atoms with van der Waals surface area (Å²) in [5.74, 6) is 0. The van der Waals surface area contributed by atoms with E-state index < -0.39 is 6.10 Å². The Kier molecular flexibility index (Phi) is 2.52. The van der Waals surface area contributed by atoms with Crippen LogP contribution >= 0.6 is 11.3 Å². The van der Waals surface area contributed by atoms with Crippen LogP contribution in [0.5, 0.6) is 0 Å². The maximum Gasteiger partial charge on any atom is 0.113 e. The molecule has 3 rings (SSSR count). The van der Waals surface area contributed by atoms with E-state index in [0.717, 1.165) is 10.4 Å². The van der Waals surface area contributed by atoms with E-state index in [-0.39, 0.29) is 0 Å². The van der Waals surface area contributed by atoms with Gasteiger partial charge in [0, 0.05) is 4.88 Å². The number of thiophene rings is 1. The van der Waals surface area contributed by atoms with Crippen molar-refractivity contribution in [2.45, 2.75) is 19.3 Å². The van der Waals surface area contributed by atoms with E-state index in [4.69, 9.17) is 4.74 Å². The van der Waals surface area contributed by atoms with E-state index >= 15 is 0 Å². The fraction of sp³-hybridized carbons (Fsp3) is 0.231. The number of rotatable bonds is 2. The van der Waals surface area contributed by atoms with E-state index in [1.54, 1.807) is 11.3 Å². The number of hydrogen-bond acceptors (Lipinski definition) is 3. The molecule has 1 atom stereocenters. The van der Waals surface area contributed by atoms with Crippen molar-refractivity contribution in [2.75, 3.05) is 0 Å². The second kappa shape index (κ2) is 4.01. The summed E-state index contributed by atoms with van der Waals surface area (Å²) >= 11 is 1.58. The van der Waals surface area contributed by atoms with Crippen LogP contribution in [0, 0.1) is 0 Å². The zero-order chi connectivity index (χ0) is 11.0. The van der Waals surface area contributed by atoms with Gasteiger partial charge in [-0.25, -0.2) is 0 Å². The molecule has 0 saturated heterocycles. The summed E-state index contributed by atoms with van der Waals surface area (Å²) in [5.41, 5.74) is 3.39. The standard InChI is InChI=1S/C13H12O2S/c14-13(12-2-1-5-16-12)9-3-4-10-7-15-8-11(10)6-9/h1-6,13-14H,7-8H2. The number of aliphatic hydroxyl groups is 1. The van der Waals surface area contributed by atoms with Crippen molar-refractivity contribution in [3.8, 4) is 0 Å². The minimum atomic E-state index is -0.508. The molecule has 2 nitrogen and oxygen atoms in total. The van der Waals surface area contributed by atoms with Crippen molar-refractivity contribution in [2.24, 2.45) is 0 Å². The number of ether oxygens (including phenoxy) is 1. The largest absolute Gasteiger partial charge is 0.383 e. The number of hydrogen-bond donors (Lipinski definition) is 1. The number of aliphatic hydroxyl groups excluding tert-OH is 1. The van der Waals surface area contributed by atoms with Crippen LogP contribution in [0.3, 0.4) is 0 Å². The third-order valence-electron chi connectivity index (χ3n) is 2.87. The van der Waals surface area contributed by atoms with Crippen molar-refractivity contribution in [3.63, 3.8) is 0 Å². The Balaban J connectivity index is 1.95. The van der Waals surface area contributed by atoms with Crippen LogP contribution in [0.15, 0.2) is 35.7 Å². The second-order valence-electron chi connectivity index (χ2n) is 3.94. The number of fused-ring (bicyclic) bond motifs is 1. The molecule has 1 unspecified atom stereocenters. The quantitative estimate of drug-likeness (QED) is 0.862. The average Bonchev–Trinajstić information content (AvgIpc) is 2.98. The molecular formula is C13H12O2S. The summed E-state index contributed by atoms with van der Waals surface area (Å²) in [4.78, 5) is 0.985. The van der Waals surface area contributed by atoms with Crippen LogP contribution in [-0.2, 0) is 18.0 Å². The molecule has 0 fully saturated rings. The average molecular weight is 232 g/mol. The second-order valence-corrected chi connectivity index (χ2v) is 4.92. The molecule has 16 heavy (non-hydrogen) atoms. The molecule has 0 spiro atoms. The third-order valence-corrected chi connectivity index (χ3v) is 3.80. The smallest absolute Gasteiger partial charge is 0.113 e. The van der Waals surface area contributed by atoms with Crippen molar-refractivity contribution in [1.29, 1.82) is 0 Å². The van der Waals surface area contributed by atoms with Crippen LogP contribution in [0.2, 0.25) is 0 Å². The van der Waals surface area contributed by atoms with Gasteiger partial charge in [-0.05, 0) is 28.1 Å². The zero-order valence-corrected chi connectivity index (χ0v) is 9.54. The van der Waals surface area contributed by atoms with Crippen LogP contribution in [-0.4, -0.2) is 5.11 Å². The molecule has 1 aromatic heterocycles. The van der Waals surface area contributed by atoms with E-state index in [1.165, 1.54) is 11.1 Å². The normalized spacial score (nSPS) is 16.1. The van der Waals surface area contributed by atoms with E-state index in [1.807, 2.05) is 29.6 Å². The van der Waals surface area contributed by atoms with Crippen molar-refractivity contribution in [1.82, 2.24) is 0 Å². The molecule has 2 heterocycles. The predicted molar refractivity (Wildman–Crippen MR) is 63.3 cm³/mol. The molecule has 0 aliphatic carbocycles. The molecule has 1 N–H and O–H groups in total. The van der Waals surface area contributed by atoms with Crippen molar-refractivity contribution >= 4 is 11.3 Å². The van der Waals surface area contributed by atoms with E-state index in [9.17, 15) is 5.11 Å². The highest BCUT2D eigenvalue weighted by Gasteiger charge is 2.16. The Labute approximate surface area is 98.1 Å². The molecule has 0 amide bonds. The summed E-state index contributed by atoms with van der Waals surface area (Å²) in [6.45, 7) is 1.37. The fourth-order valence-electron chi connectivity index (χ4n) is 1.97.